The molecule has 0 bridgehead atoms. The van der Waals surface area contributed by atoms with Gasteiger partial charge < -0.3 is 0 Å². The monoisotopic (exact) mass is 390 g/mol. The van der Waals surface area contributed by atoms with Crippen molar-refractivity contribution in [2.45, 2.75) is 39.0 Å². The largest absolute Gasteiger partial charge is 0.294 e. The molecule has 0 spiro atoms. The number of carbonyl (C=O) groups is 2. The lowest BCUT2D eigenvalue weighted by Crippen LogP contribution is -2.43. The average Bonchev–Trinajstić information content (AvgIpc) is 2.67. The highest BCUT2D eigenvalue weighted by atomic mass is 16.6. The number of ketones is 1. The smallest absolute Gasteiger partial charge is 0.269 e. The van der Waals surface area contributed by atoms with Gasteiger partial charge in [-0.15, -0.1) is 0 Å². The van der Waals surface area contributed by atoms with E-state index in [1.165, 1.54) is 12.1 Å². The summed E-state index contributed by atoms with van der Waals surface area (Å²) in [6, 6.07) is 15.6. The lowest BCUT2D eigenvalue weighted by molar-refractivity contribution is -0.384. The van der Waals surface area contributed by atoms with Crippen LogP contribution in [0.3, 0.4) is 0 Å². The highest BCUT2D eigenvalue weighted by molar-refractivity contribution is 6.07. The van der Waals surface area contributed by atoms with Crippen LogP contribution in [0, 0.1) is 15.5 Å². The maximum Gasteiger partial charge on any atom is 0.269 e. The first-order valence-electron chi connectivity index (χ1n) is 9.65. The fourth-order valence-electron chi connectivity index (χ4n) is 4.41. The van der Waals surface area contributed by atoms with Crippen molar-refractivity contribution < 1.29 is 14.5 Å². The predicted octanol–water partition coefficient (Wildman–Crippen LogP) is 4.76. The van der Waals surface area contributed by atoms with Gasteiger partial charge in [-0.25, -0.2) is 0 Å². The topological polar surface area (TPSA) is 80.5 Å². The first-order chi connectivity index (χ1) is 13.8. The molecule has 29 heavy (non-hydrogen) atoms. The number of carbonyl (C=O) groups excluding carboxylic acids is 2. The highest BCUT2D eigenvalue weighted by Crippen LogP contribution is 2.48. The second-order valence-corrected chi connectivity index (χ2v) is 8.47. The van der Waals surface area contributed by atoms with Crippen molar-refractivity contribution in [3.63, 3.8) is 0 Å². The van der Waals surface area contributed by atoms with Crippen LogP contribution in [0.1, 0.15) is 44.6 Å². The van der Waals surface area contributed by atoms with Crippen LogP contribution in [-0.4, -0.2) is 16.6 Å². The number of benzene rings is 2. The summed E-state index contributed by atoms with van der Waals surface area (Å²) in [5, 5.41) is 11.0. The van der Waals surface area contributed by atoms with E-state index in [2.05, 4.69) is 0 Å². The molecule has 0 aromatic heterocycles. The Hall–Kier alpha value is -3.28. The summed E-state index contributed by atoms with van der Waals surface area (Å²) in [5.74, 6) is -0.390. The Balaban J connectivity index is 1.85. The van der Waals surface area contributed by atoms with Crippen molar-refractivity contribution >= 4 is 23.1 Å². The standard InChI is InChI=1S/C23H22N2O4/c1-23(2)13-19-22(20(26)14-23)18(15-8-10-17(11-9-15)25(28)29)12-21(27)24(19)16-6-4-3-5-7-16/h3-11,18H,12-14H2,1-2H3/t18-/m0/s1. The van der Waals surface area contributed by atoms with Crippen molar-refractivity contribution in [3.05, 3.63) is 81.5 Å². The fourth-order valence-corrected chi connectivity index (χ4v) is 4.41. The third kappa shape index (κ3) is 3.46. The third-order valence-corrected chi connectivity index (χ3v) is 5.66. The van der Waals surface area contributed by atoms with Gasteiger partial charge in [0.2, 0.25) is 5.91 Å². The summed E-state index contributed by atoms with van der Waals surface area (Å²) in [7, 11) is 0. The molecule has 0 saturated heterocycles. The van der Waals surface area contributed by atoms with E-state index in [0.717, 1.165) is 16.9 Å². The number of Topliss-reactive ketones (excluding diaryl/α,β-unsaturated/α-hetero) is 1. The molecule has 1 atom stereocenters. The van der Waals surface area contributed by atoms with Crippen molar-refractivity contribution in [1.82, 2.24) is 0 Å². The van der Waals surface area contributed by atoms with Crippen LogP contribution in [-0.2, 0) is 9.59 Å². The molecular formula is C23H22N2O4. The van der Waals surface area contributed by atoms with Gasteiger partial charge in [0.1, 0.15) is 0 Å². The number of anilines is 1. The molecular weight excluding hydrogens is 368 g/mol. The number of allylic oxidation sites excluding steroid dienone is 2. The molecule has 2 aromatic carbocycles. The van der Waals surface area contributed by atoms with Crippen LogP contribution in [0.4, 0.5) is 11.4 Å². The Morgan fingerprint density at radius 3 is 2.28 bits per heavy atom. The maximum atomic E-state index is 13.2. The number of rotatable bonds is 3. The number of para-hydroxylation sites is 1. The number of hydrogen-bond acceptors (Lipinski definition) is 4. The van der Waals surface area contributed by atoms with E-state index in [-0.39, 0.29) is 35.1 Å². The molecule has 4 rings (SSSR count). The highest BCUT2D eigenvalue weighted by Gasteiger charge is 2.44. The summed E-state index contributed by atoms with van der Waals surface area (Å²) in [6.07, 6.45) is 1.21. The number of amides is 1. The molecule has 2 aromatic rings. The molecule has 0 radical (unpaired) electrons. The zero-order valence-electron chi connectivity index (χ0n) is 16.4. The molecule has 0 saturated carbocycles. The summed E-state index contributed by atoms with van der Waals surface area (Å²) in [6.45, 7) is 4.08. The summed E-state index contributed by atoms with van der Waals surface area (Å²) in [4.78, 5) is 38.6. The SMILES string of the molecule is CC1(C)CC(=O)C2=C(C1)N(c1ccccc1)C(=O)C[C@H]2c1ccc([N+](=O)[O-])cc1. The average molecular weight is 390 g/mol. The zero-order valence-corrected chi connectivity index (χ0v) is 16.4. The molecule has 1 amide bonds. The first kappa shape index (κ1) is 19.1. The van der Waals surface area contributed by atoms with Crippen molar-refractivity contribution in [1.29, 1.82) is 0 Å². The summed E-state index contributed by atoms with van der Waals surface area (Å²) in [5.41, 5.74) is 2.71. The Labute approximate surface area is 169 Å². The molecule has 2 aliphatic rings. The van der Waals surface area contributed by atoms with Crippen molar-refractivity contribution in [3.8, 4) is 0 Å². The van der Waals surface area contributed by atoms with Gasteiger partial charge in [-0.3, -0.25) is 24.6 Å². The van der Waals surface area contributed by atoms with Gasteiger partial charge >= 0.3 is 0 Å². The number of non-ortho nitro benzene ring substituents is 1. The van der Waals surface area contributed by atoms with Gasteiger partial charge in [0.25, 0.3) is 5.69 Å². The van der Waals surface area contributed by atoms with Crippen LogP contribution in [0.15, 0.2) is 65.9 Å². The fraction of sp³-hybridized carbons (Fsp3) is 0.304. The normalized spacial score (nSPS) is 21.2. The lowest BCUT2D eigenvalue weighted by atomic mass is 9.69. The van der Waals surface area contributed by atoms with E-state index >= 15 is 0 Å². The van der Waals surface area contributed by atoms with Gasteiger partial charge in [0.05, 0.1) is 4.92 Å². The maximum absolute atomic E-state index is 13.2. The van der Waals surface area contributed by atoms with Gasteiger partial charge in [0, 0.05) is 47.8 Å². The van der Waals surface area contributed by atoms with Crippen molar-refractivity contribution in [2.24, 2.45) is 5.41 Å². The van der Waals surface area contributed by atoms with E-state index in [9.17, 15) is 19.7 Å². The minimum absolute atomic E-state index is 0.00731. The first-order valence-corrected chi connectivity index (χ1v) is 9.65. The Bertz CT molecular complexity index is 1020. The second kappa shape index (κ2) is 6.95. The molecule has 1 heterocycles. The number of nitro groups is 1. The van der Waals surface area contributed by atoms with Crippen LogP contribution < -0.4 is 4.90 Å². The zero-order chi connectivity index (χ0) is 20.8. The van der Waals surface area contributed by atoms with Gasteiger partial charge in [-0.2, -0.15) is 0 Å². The van der Waals surface area contributed by atoms with E-state index in [0.29, 0.717) is 18.4 Å². The van der Waals surface area contributed by atoms with Crippen LogP contribution in [0.2, 0.25) is 0 Å². The molecule has 0 unspecified atom stereocenters. The minimum atomic E-state index is -0.452. The number of nitro benzene ring substituents is 1. The molecule has 6 nitrogen and oxygen atoms in total. The summed E-state index contributed by atoms with van der Waals surface area (Å²) < 4.78 is 0. The lowest BCUT2D eigenvalue weighted by Gasteiger charge is -2.43. The number of hydrogen-bond donors (Lipinski definition) is 0. The van der Waals surface area contributed by atoms with Crippen LogP contribution >= 0.6 is 0 Å². The molecule has 1 aliphatic carbocycles. The molecule has 148 valence electrons. The van der Waals surface area contributed by atoms with Crippen LogP contribution in [0.25, 0.3) is 0 Å². The Kier molecular flexibility index (Phi) is 4.57. The quantitative estimate of drug-likeness (QED) is 0.559. The van der Waals surface area contributed by atoms with Crippen molar-refractivity contribution in [2.75, 3.05) is 4.90 Å². The Morgan fingerprint density at radius 1 is 1.00 bits per heavy atom. The Morgan fingerprint density at radius 2 is 1.66 bits per heavy atom. The minimum Gasteiger partial charge on any atom is -0.294 e. The van der Waals surface area contributed by atoms with E-state index in [1.807, 2.05) is 44.2 Å². The predicted molar refractivity (Wildman–Crippen MR) is 109 cm³/mol. The third-order valence-electron chi connectivity index (χ3n) is 5.66. The van der Waals surface area contributed by atoms with E-state index in [1.54, 1.807) is 17.0 Å². The second-order valence-electron chi connectivity index (χ2n) is 8.47. The summed E-state index contributed by atoms with van der Waals surface area (Å²) >= 11 is 0. The van der Waals surface area contributed by atoms with Gasteiger partial charge in [-0.05, 0) is 29.5 Å². The van der Waals surface area contributed by atoms with E-state index in [4.69, 9.17) is 0 Å². The van der Waals surface area contributed by atoms with Gasteiger partial charge in [-0.1, -0.05) is 44.2 Å². The molecule has 0 N–H and O–H groups in total. The van der Waals surface area contributed by atoms with E-state index < -0.39 is 4.92 Å². The molecule has 6 heteroatoms. The van der Waals surface area contributed by atoms with Crippen LogP contribution in [0.5, 0.6) is 0 Å². The van der Waals surface area contributed by atoms with Gasteiger partial charge in [0.15, 0.2) is 5.78 Å². The molecule has 0 fully saturated rings. The number of nitrogens with zero attached hydrogens (tertiary/aromatic N) is 2. The molecule has 1 aliphatic heterocycles.